The minimum absolute atomic E-state index is 0.514. The fourth-order valence-corrected chi connectivity index (χ4v) is 3.06. The first-order valence-electron chi connectivity index (χ1n) is 7.43. The van der Waals surface area contributed by atoms with E-state index in [1.165, 1.54) is 36.5 Å². The number of fused-ring (bicyclic) bond motifs is 1. The number of aromatic nitrogens is 2. The molecule has 4 nitrogen and oxygen atoms in total. The van der Waals surface area contributed by atoms with Crippen LogP contribution in [-0.4, -0.2) is 29.3 Å². The van der Waals surface area contributed by atoms with Crippen molar-refractivity contribution < 1.29 is 0 Å². The zero-order chi connectivity index (χ0) is 13.9. The van der Waals surface area contributed by atoms with Crippen LogP contribution >= 0.6 is 0 Å². The molecule has 0 unspecified atom stereocenters. The lowest BCUT2D eigenvalue weighted by Gasteiger charge is -2.29. The van der Waals surface area contributed by atoms with Gasteiger partial charge < -0.3 is 10.6 Å². The van der Waals surface area contributed by atoms with Gasteiger partial charge in [0, 0.05) is 22.9 Å². The van der Waals surface area contributed by atoms with Crippen molar-refractivity contribution in [3.8, 4) is 0 Å². The van der Waals surface area contributed by atoms with E-state index < -0.39 is 0 Å². The lowest BCUT2D eigenvalue weighted by atomic mass is 9.91. The molecule has 2 aromatic rings. The first-order valence-corrected chi connectivity index (χ1v) is 7.43. The third kappa shape index (κ3) is 2.61. The number of benzene rings is 1. The van der Waals surface area contributed by atoms with Crippen molar-refractivity contribution in [3.63, 3.8) is 0 Å². The number of hydrogen-bond donors (Lipinski definition) is 2. The Morgan fingerprint density at radius 2 is 1.60 bits per heavy atom. The molecule has 1 heterocycles. The van der Waals surface area contributed by atoms with Gasteiger partial charge in [0.25, 0.3) is 0 Å². The second kappa shape index (κ2) is 5.75. The van der Waals surface area contributed by atoms with Crippen LogP contribution in [0.4, 0.5) is 5.82 Å². The smallest absolute Gasteiger partial charge is 0.156 e. The van der Waals surface area contributed by atoms with Gasteiger partial charge in [0.15, 0.2) is 5.82 Å². The summed E-state index contributed by atoms with van der Waals surface area (Å²) in [5.41, 5.74) is 0.991. The third-order valence-corrected chi connectivity index (χ3v) is 4.35. The van der Waals surface area contributed by atoms with Gasteiger partial charge in [0.2, 0.25) is 0 Å². The average Bonchev–Trinajstić information content (AvgIpc) is 2.51. The summed E-state index contributed by atoms with van der Waals surface area (Å²) < 4.78 is 0. The summed E-state index contributed by atoms with van der Waals surface area (Å²) in [6, 6.07) is 9.54. The van der Waals surface area contributed by atoms with E-state index in [-0.39, 0.29) is 0 Å². The van der Waals surface area contributed by atoms with Crippen molar-refractivity contribution in [2.45, 2.75) is 44.7 Å². The summed E-state index contributed by atoms with van der Waals surface area (Å²) in [7, 11) is 2.05. The van der Waals surface area contributed by atoms with Gasteiger partial charge in [-0.3, -0.25) is 0 Å². The Labute approximate surface area is 120 Å². The molecule has 20 heavy (non-hydrogen) atoms. The van der Waals surface area contributed by atoms with E-state index in [0.717, 1.165) is 11.5 Å². The van der Waals surface area contributed by atoms with E-state index in [1.54, 1.807) is 0 Å². The van der Waals surface area contributed by atoms with Crippen LogP contribution in [-0.2, 0) is 0 Å². The number of hydrogen-bond acceptors (Lipinski definition) is 4. The summed E-state index contributed by atoms with van der Waals surface area (Å²) in [4.78, 5) is 0. The molecule has 4 heteroatoms. The molecule has 3 rings (SSSR count). The van der Waals surface area contributed by atoms with Crippen molar-refractivity contribution in [2.24, 2.45) is 0 Å². The van der Waals surface area contributed by atoms with Crippen LogP contribution in [0, 0.1) is 6.92 Å². The Kier molecular flexibility index (Phi) is 3.83. The number of nitrogens with one attached hydrogen (secondary N) is 2. The largest absolute Gasteiger partial charge is 0.365 e. The highest BCUT2D eigenvalue weighted by molar-refractivity contribution is 5.92. The van der Waals surface area contributed by atoms with Crippen molar-refractivity contribution in [1.29, 1.82) is 0 Å². The SMILES string of the molecule is CNC1CCC(Nc2nnc(C)c3ccccc23)CC1. The Bertz CT molecular complexity index is 588. The molecule has 0 bridgehead atoms. The highest BCUT2D eigenvalue weighted by atomic mass is 15.2. The van der Waals surface area contributed by atoms with Gasteiger partial charge in [-0.25, -0.2) is 0 Å². The van der Waals surface area contributed by atoms with Crippen LogP contribution in [0.5, 0.6) is 0 Å². The molecule has 1 aliphatic rings. The summed E-state index contributed by atoms with van der Waals surface area (Å²) in [6.07, 6.45) is 4.83. The van der Waals surface area contributed by atoms with Gasteiger partial charge in [0.1, 0.15) is 0 Å². The molecule has 1 aliphatic carbocycles. The van der Waals surface area contributed by atoms with E-state index in [2.05, 4.69) is 52.1 Å². The van der Waals surface area contributed by atoms with Crippen molar-refractivity contribution in [3.05, 3.63) is 30.0 Å². The lowest BCUT2D eigenvalue weighted by Crippen LogP contribution is -2.35. The Balaban J connectivity index is 1.80. The zero-order valence-corrected chi connectivity index (χ0v) is 12.2. The topological polar surface area (TPSA) is 49.8 Å². The van der Waals surface area contributed by atoms with Gasteiger partial charge in [-0.1, -0.05) is 24.3 Å². The molecular formula is C16H22N4. The van der Waals surface area contributed by atoms with Crippen LogP contribution in [0.25, 0.3) is 10.8 Å². The van der Waals surface area contributed by atoms with Gasteiger partial charge in [-0.2, -0.15) is 5.10 Å². The minimum atomic E-state index is 0.514. The molecule has 1 fully saturated rings. The number of anilines is 1. The normalized spacial score (nSPS) is 22.9. The quantitative estimate of drug-likeness (QED) is 0.900. The standard InChI is InChI=1S/C16H22N4/c1-11-14-5-3-4-6-15(14)16(20-19-11)18-13-9-7-12(17-2)8-10-13/h3-6,12-13,17H,7-10H2,1-2H3,(H,18,20). The maximum atomic E-state index is 4.36. The van der Waals surface area contributed by atoms with Gasteiger partial charge in [-0.05, 0) is 39.7 Å². The number of aryl methyl sites for hydroxylation is 1. The second-order valence-corrected chi connectivity index (χ2v) is 5.66. The van der Waals surface area contributed by atoms with Gasteiger partial charge in [0.05, 0.1) is 5.69 Å². The van der Waals surface area contributed by atoms with Crippen molar-refractivity contribution in [1.82, 2.24) is 15.5 Å². The predicted octanol–water partition coefficient (Wildman–Crippen LogP) is 2.88. The van der Waals surface area contributed by atoms with E-state index in [9.17, 15) is 0 Å². The van der Waals surface area contributed by atoms with Gasteiger partial charge >= 0.3 is 0 Å². The first kappa shape index (κ1) is 13.3. The maximum absolute atomic E-state index is 4.36. The van der Waals surface area contributed by atoms with Crippen LogP contribution in [0.1, 0.15) is 31.4 Å². The molecule has 106 valence electrons. The Morgan fingerprint density at radius 3 is 2.30 bits per heavy atom. The number of rotatable bonds is 3. The summed E-state index contributed by atoms with van der Waals surface area (Å²) in [5.74, 6) is 0.930. The van der Waals surface area contributed by atoms with E-state index >= 15 is 0 Å². The molecule has 0 amide bonds. The lowest BCUT2D eigenvalue weighted by molar-refractivity contribution is 0.371. The summed E-state index contributed by atoms with van der Waals surface area (Å²) >= 11 is 0. The molecule has 2 N–H and O–H groups in total. The van der Waals surface area contributed by atoms with E-state index in [1.807, 2.05) is 6.92 Å². The predicted molar refractivity (Wildman–Crippen MR) is 83.0 cm³/mol. The van der Waals surface area contributed by atoms with Crippen molar-refractivity contribution in [2.75, 3.05) is 12.4 Å². The molecule has 0 spiro atoms. The highest BCUT2D eigenvalue weighted by Gasteiger charge is 2.20. The average molecular weight is 270 g/mol. The summed E-state index contributed by atoms with van der Waals surface area (Å²) in [5, 5.41) is 18.0. The molecule has 0 saturated heterocycles. The van der Waals surface area contributed by atoms with Crippen LogP contribution in [0.15, 0.2) is 24.3 Å². The molecule has 0 aliphatic heterocycles. The fraction of sp³-hybridized carbons (Fsp3) is 0.500. The number of nitrogens with zero attached hydrogens (tertiary/aromatic N) is 2. The monoisotopic (exact) mass is 270 g/mol. The molecule has 1 aromatic carbocycles. The zero-order valence-electron chi connectivity index (χ0n) is 12.2. The minimum Gasteiger partial charge on any atom is -0.365 e. The van der Waals surface area contributed by atoms with Crippen LogP contribution in [0.2, 0.25) is 0 Å². The van der Waals surface area contributed by atoms with Crippen LogP contribution < -0.4 is 10.6 Å². The molecule has 0 atom stereocenters. The summed E-state index contributed by atoms with van der Waals surface area (Å²) in [6.45, 7) is 2.01. The second-order valence-electron chi connectivity index (χ2n) is 5.66. The highest BCUT2D eigenvalue weighted by Crippen LogP contribution is 2.26. The molecule has 1 saturated carbocycles. The molecular weight excluding hydrogens is 248 g/mol. The third-order valence-electron chi connectivity index (χ3n) is 4.35. The molecule has 0 radical (unpaired) electrons. The Morgan fingerprint density at radius 1 is 0.950 bits per heavy atom. The van der Waals surface area contributed by atoms with E-state index in [4.69, 9.17) is 0 Å². The van der Waals surface area contributed by atoms with Gasteiger partial charge in [-0.15, -0.1) is 5.10 Å². The van der Waals surface area contributed by atoms with Crippen molar-refractivity contribution >= 4 is 16.6 Å². The van der Waals surface area contributed by atoms with E-state index in [0.29, 0.717) is 12.1 Å². The maximum Gasteiger partial charge on any atom is 0.156 e. The Hall–Kier alpha value is -1.68. The van der Waals surface area contributed by atoms with Crippen LogP contribution in [0.3, 0.4) is 0 Å². The molecule has 1 aromatic heterocycles. The first-order chi connectivity index (χ1) is 9.78. The fourth-order valence-electron chi connectivity index (χ4n) is 3.06.